The Labute approximate surface area is 171 Å². The third kappa shape index (κ3) is 2.48. The minimum Gasteiger partial charge on any atom is -0.469 e. The molecule has 142 valence electrons. The van der Waals surface area contributed by atoms with Crippen LogP contribution in [0.5, 0.6) is 0 Å². The van der Waals surface area contributed by atoms with E-state index in [9.17, 15) is 14.4 Å². The largest absolute Gasteiger partial charge is 0.469 e. The average molecular weight is 440 g/mol. The Hall–Kier alpha value is -2.73. The SMILES string of the molecule is COC(=O)[C@@H]1CC(c2ccc(Br)cc2)=CC(=O)[C@@]12C(=O)N(C)c1ccccc12. The van der Waals surface area contributed by atoms with Crippen molar-refractivity contribution >= 4 is 44.9 Å². The minimum atomic E-state index is -1.57. The van der Waals surface area contributed by atoms with Crippen LogP contribution in [0.1, 0.15) is 17.5 Å². The van der Waals surface area contributed by atoms with Gasteiger partial charge < -0.3 is 9.64 Å². The Bertz CT molecular complexity index is 1030. The van der Waals surface area contributed by atoms with E-state index in [1.807, 2.05) is 30.3 Å². The number of ether oxygens (including phenoxy) is 1. The molecule has 0 radical (unpaired) electrons. The number of hydrogen-bond acceptors (Lipinski definition) is 4. The van der Waals surface area contributed by atoms with Crippen molar-refractivity contribution in [2.45, 2.75) is 11.8 Å². The number of amides is 1. The average Bonchev–Trinajstić information content (AvgIpc) is 2.93. The van der Waals surface area contributed by atoms with Gasteiger partial charge >= 0.3 is 5.97 Å². The number of allylic oxidation sites excluding steroid dienone is 2. The summed E-state index contributed by atoms with van der Waals surface area (Å²) >= 11 is 3.40. The number of nitrogens with zero attached hydrogens (tertiary/aromatic N) is 1. The highest BCUT2D eigenvalue weighted by Crippen LogP contribution is 2.52. The van der Waals surface area contributed by atoms with Crippen LogP contribution in [-0.2, 0) is 24.5 Å². The Morgan fingerprint density at radius 2 is 1.82 bits per heavy atom. The van der Waals surface area contributed by atoms with Crippen LogP contribution in [0.4, 0.5) is 5.69 Å². The van der Waals surface area contributed by atoms with Crippen LogP contribution in [0.2, 0.25) is 0 Å². The van der Waals surface area contributed by atoms with Gasteiger partial charge in [0, 0.05) is 22.8 Å². The summed E-state index contributed by atoms with van der Waals surface area (Å²) in [7, 11) is 2.92. The molecule has 0 aromatic heterocycles. The number of ketones is 1. The zero-order valence-corrected chi connectivity index (χ0v) is 17.0. The van der Waals surface area contributed by atoms with Gasteiger partial charge in [0.2, 0.25) is 5.91 Å². The van der Waals surface area contributed by atoms with Crippen molar-refractivity contribution in [2.24, 2.45) is 5.92 Å². The molecule has 0 bridgehead atoms. The molecule has 1 aliphatic heterocycles. The summed E-state index contributed by atoms with van der Waals surface area (Å²) in [6.07, 6.45) is 1.75. The van der Waals surface area contributed by atoms with Gasteiger partial charge in [-0.2, -0.15) is 0 Å². The minimum absolute atomic E-state index is 0.244. The molecule has 2 aromatic rings. The molecule has 2 aliphatic rings. The number of carbonyl (C=O) groups excluding carboxylic acids is 3. The lowest BCUT2D eigenvalue weighted by molar-refractivity contribution is -0.154. The standard InChI is InChI=1S/C22H18BrNO4/c1-24-18-6-4-3-5-16(18)22(21(24)27)17(20(26)28-2)11-14(12-19(22)25)13-7-9-15(23)10-8-13/h3-10,12,17H,11H2,1-2H3/t17-,22-/m0/s1. The monoisotopic (exact) mass is 439 g/mol. The number of esters is 1. The smallest absolute Gasteiger partial charge is 0.310 e. The summed E-state index contributed by atoms with van der Waals surface area (Å²) in [6.45, 7) is 0. The van der Waals surface area contributed by atoms with E-state index in [-0.39, 0.29) is 18.1 Å². The summed E-state index contributed by atoms with van der Waals surface area (Å²) < 4.78 is 5.95. The van der Waals surface area contributed by atoms with Crippen LogP contribution < -0.4 is 4.90 Å². The predicted molar refractivity (Wildman–Crippen MR) is 109 cm³/mol. The number of likely N-dealkylation sites (N-methyl/N-ethyl adjacent to an activating group) is 1. The number of anilines is 1. The molecule has 0 N–H and O–H groups in total. The van der Waals surface area contributed by atoms with Crippen molar-refractivity contribution in [3.8, 4) is 0 Å². The van der Waals surface area contributed by atoms with Crippen LogP contribution in [0.25, 0.3) is 5.57 Å². The highest BCUT2D eigenvalue weighted by molar-refractivity contribution is 9.10. The first-order chi connectivity index (χ1) is 13.4. The Morgan fingerprint density at radius 3 is 2.50 bits per heavy atom. The van der Waals surface area contributed by atoms with Gasteiger partial charge in [-0.3, -0.25) is 14.4 Å². The van der Waals surface area contributed by atoms with E-state index in [1.54, 1.807) is 25.2 Å². The van der Waals surface area contributed by atoms with E-state index >= 15 is 0 Å². The maximum absolute atomic E-state index is 13.5. The fourth-order valence-corrected chi connectivity index (χ4v) is 4.57. The molecule has 1 spiro atoms. The summed E-state index contributed by atoms with van der Waals surface area (Å²) in [5.41, 5.74) is 1.20. The van der Waals surface area contributed by atoms with Crippen LogP contribution in [0.3, 0.4) is 0 Å². The Kier molecular flexibility index (Phi) is 4.46. The first-order valence-electron chi connectivity index (χ1n) is 8.87. The molecular formula is C22H18BrNO4. The highest BCUT2D eigenvalue weighted by Gasteiger charge is 2.63. The fourth-order valence-electron chi connectivity index (χ4n) is 4.31. The molecule has 6 heteroatoms. The molecule has 0 unspecified atom stereocenters. The third-order valence-corrected chi connectivity index (χ3v) is 6.20. The lowest BCUT2D eigenvalue weighted by Crippen LogP contribution is -2.54. The molecule has 0 saturated heterocycles. The summed E-state index contributed by atoms with van der Waals surface area (Å²) in [5.74, 6) is -2.25. The molecule has 4 rings (SSSR count). The topological polar surface area (TPSA) is 63.7 Å². The van der Waals surface area contributed by atoms with E-state index in [4.69, 9.17) is 4.74 Å². The number of rotatable bonds is 2. The first-order valence-corrected chi connectivity index (χ1v) is 9.67. The van der Waals surface area contributed by atoms with Crippen molar-refractivity contribution < 1.29 is 19.1 Å². The van der Waals surface area contributed by atoms with Gasteiger partial charge in [-0.25, -0.2) is 0 Å². The number of halogens is 1. The van der Waals surface area contributed by atoms with E-state index in [1.165, 1.54) is 18.1 Å². The molecule has 2 atom stereocenters. The van der Waals surface area contributed by atoms with Gasteiger partial charge in [0.1, 0.15) is 0 Å². The van der Waals surface area contributed by atoms with Crippen LogP contribution in [0, 0.1) is 5.92 Å². The number of para-hydroxylation sites is 1. The highest BCUT2D eigenvalue weighted by atomic mass is 79.9. The normalized spacial score (nSPS) is 23.6. The van der Waals surface area contributed by atoms with Gasteiger partial charge in [0.05, 0.1) is 13.0 Å². The lowest BCUT2D eigenvalue weighted by Gasteiger charge is -2.36. The van der Waals surface area contributed by atoms with Gasteiger partial charge in [-0.15, -0.1) is 0 Å². The second-order valence-electron chi connectivity index (χ2n) is 7.01. The van der Waals surface area contributed by atoms with Crippen molar-refractivity contribution in [3.05, 3.63) is 70.2 Å². The van der Waals surface area contributed by atoms with Crippen LogP contribution in [-0.4, -0.2) is 31.8 Å². The Morgan fingerprint density at radius 1 is 1.14 bits per heavy atom. The number of methoxy groups -OCH3 is 1. The summed E-state index contributed by atoms with van der Waals surface area (Å²) in [5, 5.41) is 0. The van der Waals surface area contributed by atoms with E-state index in [2.05, 4.69) is 15.9 Å². The fraction of sp³-hybridized carbons (Fsp3) is 0.227. The van der Waals surface area contributed by atoms with Crippen molar-refractivity contribution in [1.29, 1.82) is 0 Å². The van der Waals surface area contributed by atoms with Crippen molar-refractivity contribution in [1.82, 2.24) is 0 Å². The van der Waals surface area contributed by atoms with Gasteiger partial charge in [0.25, 0.3) is 0 Å². The second-order valence-corrected chi connectivity index (χ2v) is 7.93. The quantitative estimate of drug-likeness (QED) is 0.530. The molecule has 28 heavy (non-hydrogen) atoms. The Balaban J connectivity index is 1.92. The third-order valence-electron chi connectivity index (χ3n) is 5.67. The number of hydrogen-bond donors (Lipinski definition) is 0. The maximum Gasteiger partial charge on any atom is 0.310 e. The molecule has 5 nitrogen and oxygen atoms in total. The maximum atomic E-state index is 13.5. The predicted octanol–water partition coefficient (Wildman–Crippen LogP) is 3.51. The van der Waals surface area contributed by atoms with Gasteiger partial charge in [-0.05, 0) is 41.8 Å². The number of benzene rings is 2. The first kappa shape index (κ1) is 18.6. The lowest BCUT2D eigenvalue weighted by atomic mass is 9.62. The zero-order chi connectivity index (χ0) is 20.1. The number of carbonyl (C=O) groups is 3. The molecule has 1 heterocycles. The summed E-state index contributed by atoms with van der Waals surface area (Å²) in [6, 6.07) is 14.6. The van der Waals surface area contributed by atoms with Crippen molar-refractivity contribution in [2.75, 3.05) is 19.1 Å². The van der Waals surface area contributed by atoms with Gasteiger partial charge in [0.15, 0.2) is 11.2 Å². The van der Waals surface area contributed by atoms with Crippen LogP contribution in [0.15, 0.2) is 59.1 Å². The van der Waals surface area contributed by atoms with E-state index < -0.39 is 17.3 Å². The molecular weight excluding hydrogens is 422 g/mol. The zero-order valence-electron chi connectivity index (χ0n) is 15.4. The molecule has 0 saturated carbocycles. The molecule has 1 aliphatic carbocycles. The van der Waals surface area contributed by atoms with E-state index in [0.717, 1.165) is 15.6 Å². The summed E-state index contributed by atoms with van der Waals surface area (Å²) in [4.78, 5) is 41.1. The molecule has 0 fully saturated rings. The van der Waals surface area contributed by atoms with E-state index in [0.29, 0.717) is 11.3 Å². The number of fused-ring (bicyclic) bond motifs is 2. The van der Waals surface area contributed by atoms with Gasteiger partial charge in [-0.1, -0.05) is 46.3 Å². The van der Waals surface area contributed by atoms with Crippen LogP contribution >= 0.6 is 15.9 Å². The van der Waals surface area contributed by atoms with Crippen molar-refractivity contribution in [3.63, 3.8) is 0 Å². The molecule has 1 amide bonds. The molecule has 2 aromatic carbocycles. The second kappa shape index (κ2) is 6.71.